The van der Waals surface area contributed by atoms with Crippen molar-refractivity contribution in [2.45, 2.75) is 6.54 Å². The highest BCUT2D eigenvalue weighted by Gasteiger charge is 2.27. The average molecular weight is 351 g/mol. The van der Waals surface area contributed by atoms with E-state index in [1.807, 2.05) is 48.7 Å². The fourth-order valence-corrected chi connectivity index (χ4v) is 2.85. The monoisotopic (exact) mass is 351 g/mol. The van der Waals surface area contributed by atoms with E-state index in [1.54, 1.807) is 19.2 Å². The van der Waals surface area contributed by atoms with E-state index in [2.05, 4.69) is 16.6 Å². The lowest BCUT2D eigenvalue weighted by Crippen LogP contribution is -2.37. The third kappa shape index (κ3) is 4.17. The van der Waals surface area contributed by atoms with Crippen LogP contribution in [0, 0.1) is 0 Å². The highest BCUT2D eigenvalue weighted by molar-refractivity contribution is 6.05. The summed E-state index contributed by atoms with van der Waals surface area (Å²) >= 11 is 0. The molecule has 1 amide bonds. The van der Waals surface area contributed by atoms with Crippen LogP contribution in [0.5, 0.6) is 0 Å². The highest BCUT2D eigenvalue weighted by atomic mass is 16.5. The number of allylic oxidation sites excluding steroid dienone is 1. The first-order valence-electron chi connectivity index (χ1n) is 8.46. The maximum atomic E-state index is 12.4. The van der Waals surface area contributed by atoms with Crippen molar-refractivity contribution in [3.63, 3.8) is 0 Å². The number of carbonyl (C=O) groups is 1. The van der Waals surface area contributed by atoms with Gasteiger partial charge in [-0.05, 0) is 24.3 Å². The van der Waals surface area contributed by atoms with Gasteiger partial charge in [0.25, 0.3) is 5.91 Å². The molecule has 0 saturated carbocycles. The molecule has 0 fully saturated rings. The number of hydrogen-bond donors (Lipinski definition) is 2. The number of quaternary nitrogens is 1. The number of benzene rings is 2. The van der Waals surface area contributed by atoms with Crippen molar-refractivity contribution in [2.24, 2.45) is 5.10 Å². The summed E-state index contributed by atoms with van der Waals surface area (Å²) in [7, 11) is 1.69. The zero-order chi connectivity index (χ0) is 18.4. The minimum atomic E-state index is -0.184. The molecule has 1 aliphatic heterocycles. The SMILES string of the molecule is COCC[N+]1(Cc2ccc(C(=O)Nc3ccccc3N)cc2)C=CC=N1. The summed E-state index contributed by atoms with van der Waals surface area (Å²) < 4.78 is 5.67. The van der Waals surface area contributed by atoms with Gasteiger partial charge in [-0.2, -0.15) is 4.59 Å². The first kappa shape index (κ1) is 17.8. The molecule has 26 heavy (non-hydrogen) atoms. The molecular weight excluding hydrogens is 328 g/mol. The van der Waals surface area contributed by atoms with Crippen LogP contribution in [0.25, 0.3) is 0 Å². The lowest BCUT2D eigenvalue weighted by molar-refractivity contribution is -0.897. The van der Waals surface area contributed by atoms with Gasteiger partial charge in [0, 0.05) is 24.3 Å². The number of methoxy groups -OCH3 is 1. The predicted octanol–water partition coefficient (Wildman–Crippen LogP) is 3.00. The van der Waals surface area contributed by atoms with Crippen LogP contribution in [-0.2, 0) is 11.3 Å². The lowest BCUT2D eigenvalue weighted by Gasteiger charge is -2.25. The van der Waals surface area contributed by atoms with Crippen LogP contribution < -0.4 is 11.1 Å². The number of para-hydroxylation sites is 2. The Morgan fingerprint density at radius 1 is 1.19 bits per heavy atom. The summed E-state index contributed by atoms with van der Waals surface area (Å²) in [6.45, 7) is 2.10. The molecule has 0 bridgehead atoms. The third-order valence-electron chi connectivity index (χ3n) is 4.31. The van der Waals surface area contributed by atoms with Crippen molar-refractivity contribution in [2.75, 3.05) is 31.3 Å². The molecule has 0 saturated heterocycles. The summed E-state index contributed by atoms with van der Waals surface area (Å²) in [6.07, 6.45) is 5.81. The summed E-state index contributed by atoms with van der Waals surface area (Å²) in [5, 5.41) is 7.39. The van der Waals surface area contributed by atoms with Crippen LogP contribution in [0.3, 0.4) is 0 Å². The number of hydrogen-bond acceptors (Lipinski definition) is 4. The van der Waals surface area contributed by atoms with Gasteiger partial charge < -0.3 is 15.8 Å². The van der Waals surface area contributed by atoms with Gasteiger partial charge in [-0.1, -0.05) is 29.4 Å². The number of rotatable bonds is 7. The number of amides is 1. The molecule has 0 spiro atoms. The number of carbonyl (C=O) groups excluding carboxylic acids is 1. The van der Waals surface area contributed by atoms with Gasteiger partial charge in [-0.15, -0.1) is 0 Å². The molecular formula is C20H23N4O2+. The van der Waals surface area contributed by atoms with Gasteiger partial charge in [0.05, 0.1) is 24.2 Å². The fourth-order valence-electron chi connectivity index (χ4n) is 2.85. The number of nitrogen functional groups attached to an aromatic ring is 1. The summed E-state index contributed by atoms with van der Waals surface area (Å²) in [5.74, 6) is -0.184. The van der Waals surface area contributed by atoms with Crippen molar-refractivity contribution in [1.29, 1.82) is 0 Å². The van der Waals surface area contributed by atoms with E-state index in [1.165, 1.54) is 0 Å². The topological polar surface area (TPSA) is 76.7 Å². The standard InChI is InChI=1S/C20H22N4O2/c1-26-14-13-24(12-4-11-22-24)15-16-7-9-17(10-8-16)20(25)23-19-6-3-2-5-18(19)21/h2-12H,13-15,21H2,1H3/p+1. The Morgan fingerprint density at radius 3 is 2.62 bits per heavy atom. The number of nitrogens with two attached hydrogens (primary N) is 1. The van der Waals surface area contributed by atoms with Gasteiger partial charge in [0.15, 0.2) is 0 Å². The smallest absolute Gasteiger partial charge is 0.255 e. The molecule has 0 aromatic heterocycles. The molecule has 3 N–H and O–H groups in total. The van der Waals surface area contributed by atoms with Crippen LogP contribution in [0.2, 0.25) is 0 Å². The second kappa shape index (κ2) is 7.95. The van der Waals surface area contributed by atoms with E-state index in [-0.39, 0.29) is 5.91 Å². The van der Waals surface area contributed by atoms with E-state index in [9.17, 15) is 4.79 Å². The van der Waals surface area contributed by atoms with Crippen molar-refractivity contribution < 1.29 is 14.1 Å². The molecule has 1 unspecified atom stereocenters. The van der Waals surface area contributed by atoms with E-state index in [4.69, 9.17) is 10.5 Å². The van der Waals surface area contributed by atoms with Crippen LogP contribution in [0.1, 0.15) is 15.9 Å². The van der Waals surface area contributed by atoms with Gasteiger partial charge >= 0.3 is 0 Å². The molecule has 0 aliphatic carbocycles. The summed E-state index contributed by atoms with van der Waals surface area (Å²) in [6, 6.07) is 14.8. The maximum Gasteiger partial charge on any atom is 0.255 e. The Hall–Kier alpha value is -2.96. The third-order valence-corrected chi connectivity index (χ3v) is 4.31. The van der Waals surface area contributed by atoms with E-state index < -0.39 is 0 Å². The van der Waals surface area contributed by atoms with Gasteiger partial charge in [0.2, 0.25) is 0 Å². The van der Waals surface area contributed by atoms with Crippen LogP contribution >= 0.6 is 0 Å². The number of ether oxygens (including phenoxy) is 1. The van der Waals surface area contributed by atoms with Crippen molar-refractivity contribution in [3.8, 4) is 0 Å². The Kier molecular flexibility index (Phi) is 5.46. The number of anilines is 2. The predicted molar refractivity (Wildman–Crippen MR) is 104 cm³/mol. The molecule has 6 heteroatoms. The van der Waals surface area contributed by atoms with E-state index in [0.717, 1.165) is 12.1 Å². The normalized spacial score (nSPS) is 18.2. The maximum absolute atomic E-state index is 12.4. The van der Waals surface area contributed by atoms with Gasteiger partial charge in [-0.3, -0.25) is 4.79 Å². The van der Waals surface area contributed by atoms with E-state index in [0.29, 0.717) is 34.7 Å². The molecule has 1 heterocycles. The Bertz CT molecular complexity index is 816. The number of nitrogens with zero attached hydrogens (tertiary/aromatic N) is 2. The van der Waals surface area contributed by atoms with Crippen LogP contribution in [0.15, 0.2) is 65.9 Å². The molecule has 2 aromatic carbocycles. The summed E-state index contributed by atoms with van der Waals surface area (Å²) in [5.41, 5.74) is 8.71. The molecule has 3 rings (SSSR count). The van der Waals surface area contributed by atoms with Crippen LogP contribution in [0.4, 0.5) is 11.4 Å². The van der Waals surface area contributed by atoms with Crippen molar-refractivity contribution >= 4 is 23.5 Å². The molecule has 6 nitrogen and oxygen atoms in total. The Labute approximate surface area is 153 Å². The highest BCUT2D eigenvalue weighted by Crippen LogP contribution is 2.21. The molecule has 2 aromatic rings. The van der Waals surface area contributed by atoms with Gasteiger partial charge in [0.1, 0.15) is 19.3 Å². The minimum absolute atomic E-state index is 0.184. The number of nitrogens with one attached hydrogen (secondary N) is 1. The van der Waals surface area contributed by atoms with Crippen LogP contribution in [-0.4, -0.2) is 37.0 Å². The first-order chi connectivity index (χ1) is 12.6. The van der Waals surface area contributed by atoms with Crippen molar-refractivity contribution in [3.05, 3.63) is 71.9 Å². The fraction of sp³-hybridized carbons (Fsp3) is 0.200. The molecule has 0 radical (unpaired) electrons. The summed E-state index contributed by atoms with van der Waals surface area (Å²) in [4.78, 5) is 12.4. The van der Waals surface area contributed by atoms with Gasteiger partial charge in [-0.25, -0.2) is 0 Å². The second-order valence-electron chi connectivity index (χ2n) is 6.21. The molecule has 1 atom stereocenters. The van der Waals surface area contributed by atoms with Crippen molar-refractivity contribution in [1.82, 2.24) is 0 Å². The Balaban J connectivity index is 1.68. The molecule has 1 aliphatic rings. The largest absolute Gasteiger partial charge is 0.397 e. The van der Waals surface area contributed by atoms with E-state index >= 15 is 0 Å². The second-order valence-corrected chi connectivity index (χ2v) is 6.21. The zero-order valence-electron chi connectivity index (χ0n) is 14.8. The zero-order valence-corrected chi connectivity index (χ0v) is 14.8. The quantitative estimate of drug-likeness (QED) is 0.595. The first-order valence-corrected chi connectivity index (χ1v) is 8.46. The minimum Gasteiger partial charge on any atom is -0.397 e. The average Bonchev–Trinajstić information content (AvgIpc) is 3.11. The lowest BCUT2D eigenvalue weighted by atomic mass is 10.1. The molecule has 134 valence electrons. The Morgan fingerprint density at radius 2 is 1.96 bits per heavy atom.